The van der Waals surface area contributed by atoms with Gasteiger partial charge in [0.15, 0.2) is 0 Å². The highest BCUT2D eigenvalue weighted by atomic mass is 19.1. The molecule has 35 heavy (non-hydrogen) atoms. The lowest BCUT2D eigenvalue weighted by Crippen LogP contribution is -2.22. The Kier molecular flexibility index (Phi) is 6.06. The first-order chi connectivity index (χ1) is 16.5. The van der Waals surface area contributed by atoms with E-state index in [9.17, 15) is 14.0 Å². The summed E-state index contributed by atoms with van der Waals surface area (Å²) in [5.74, 6) is 0.491. The monoisotopic (exact) mass is 477 g/mol. The third-order valence-electron chi connectivity index (χ3n) is 5.78. The number of carbonyl (C=O) groups excluding carboxylic acids is 1. The summed E-state index contributed by atoms with van der Waals surface area (Å²) in [5, 5.41) is 13.4. The Morgan fingerprint density at radius 1 is 1.06 bits per heavy atom. The van der Waals surface area contributed by atoms with E-state index in [0.29, 0.717) is 28.3 Å². The Balaban J connectivity index is 1.64. The van der Waals surface area contributed by atoms with E-state index in [2.05, 4.69) is 26.0 Å². The van der Waals surface area contributed by atoms with Gasteiger partial charge in [-0.25, -0.2) is 14.2 Å². The lowest BCUT2D eigenvalue weighted by Gasteiger charge is -2.13. The summed E-state index contributed by atoms with van der Waals surface area (Å²) in [6.45, 7) is 6.06. The second kappa shape index (κ2) is 8.86. The lowest BCUT2D eigenvalue weighted by molar-refractivity contribution is 0.262. The molecule has 0 aliphatic rings. The number of aryl methyl sites for hydroxylation is 2. The molecule has 3 N–H and O–H groups in total. The van der Waals surface area contributed by atoms with Crippen LogP contribution < -0.4 is 21.5 Å². The fourth-order valence-electron chi connectivity index (χ4n) is 3.72. The molecule has 0 bridgehead atoms. The number of pyridine rings is 2. The zero-order valence-corrected chi connectivity index (χ0v) is 20.5. The first-order valence-corrected chi connectivity index (χ1v) is 11.1. The SMILES string of the molecule is CNc1cc2c(cn1)cc(-c1ccc(F)c(NC(=O)Nc3cc(C(C)(C)C)nn3C)c1)c(=O)n2C. The van der Waals surface area contributed by atoms with Crippen LogP contribution in [0, 0.1) is 5.82 Å². The van der Waals surface area contributed by atoms with E-state index in [0.717, 1.165) is 11.1 Å². The van der Waals surface area contributed by atoms with Crippen molar-refractivity contribution in [2.75, 3.05) is 23.0 Å². The van der Waals surface area contributed by atoms with Crippen molar-refractivity contribution >= 4 is 34.3 Å². The molecule has 0 aliphatic heterocycles. The number of benzene rings is 1. The number of fused-ring (bicyclic) bond motifs is 1. The van der Waals surface area contributed by atoms with Gasteiger partial charge in [0.1, 0.15) is 17.5 Å². The normalized spacial score (nSPS) is 11.5. The van der Waals surface area contributed by atoms with Crippen molar-refractivity contribution in [2.45, 2.75) is 26.2 Å². The van der Waals surface area contributed by atoms with Crippen LogP contribution in [0.4, 0.5) is 26.5 Å². The first kappa shape index (κ1) is 23.9. The topological polar surface area (TPSA) is 106 Å². The fourth-order valence-corrected chi connectivity index (χ4v) is 3.72. The van der Waals surface area contributed by atoms with Crippen molar-refractivity contribution in [3.8, 4) is 11.1 Å². The van der Waals surface area contributed by atoms with Crippen molar-refractivity contribution in [1.82, 2.24) is 19.3 Å². The molecule has 2 amide bonds. The average molecular weight is 478 g/mol. The second-order valence-corrected chi connectivity index (χ2v) is 9.36. The number of nitrogens with zero attached hydrogens (tertiary/aromatic N) is 4. The maximum atomic E-state index is 14.6. The van der Waals surface area contributed by atoms with Gasteiger partial charge in [0, 0.05) is 55.8 Å². The molecule has 4 rings (SSSR count). The van der Waals surface area contributed by atoms with Crippen LogP contribution in [0.15, 0.2) is 47.4 Å². The van der Waals surface area contributed by atoms with E-state index in [1.807, 2.05) is 20.8 Å². The molecule has 0 aliphatic carbocycles. The van der Waals surface area contributed by atoms with Gasteiger partial charge in [-0.15, -0.1) is 0 Å². The van der Waals surface area contributed by atoms with E-state index in [-0.39, 0.29) is 16.7 Å². The third-order valence-corrected chi connectivity index (χ3v) is 5.78. The van der Waals surface area contributed by atoms with Crippen LogP contribution in [-0.2, 0) is 19.5 Å². The number of rotatable bonds is 4. The number of carbonyl (C=O) groups is 1. The van der Waals surface area contributed by atoms with Gasteiger partial charge < -0.3 is 15.2 Å². The molecule has 182 valence electrons. The van der Waals surface area contributed by atoms with Crippen molar-refractivity contribution in [3.05, 3.63) is 64.5 Å². The van der Waals surface area contributed by atoms with Crippen LogP contribution in [0.3, 0.4) is 0 Å². The zero-order chi connectivity index (χ0) is 25.5. The summed E-state index contributed by atoms with van der Waals surface area (Å²) in [7, 11) is 5.14. The Labute approximate surface area is 202 Å². The van der Waals surface area contributed by atoms with Crippen molar-refractivity contribution in [3.63, 3.8) is 0 Å². The van der Waals surface area contributed by atoms with Gasteiger partial charge in [-0.2, -0.15) is 5.10 Å². The van der Waals surface area contributed by atoms with Gasteiger partial charge in [0.2, 0.25) is 0 Å². The Bertz CT molecular complexity index is 1500. The van der Waals surface area contributed by atoms with Gasteiger partial charge in [-0.1, -0.05) is 26.8 Å². The summed E-state index contributed by atoms with van der Waals surface area (Å²) < 4.78 is 17.7. The highest BCUT2D eigenvalue weighted by Crippen LogP contribution is 2.27. The minimum Gasteiger partial charge on any atom is -0.373 e. The molecular formula is C25H28FN7O2. The Morgan fingerprint density at radius 3 is 2.46 bits per heavy atom. The molecule has 0 spiro atoms. The van der Waals surface area contributed by atoms with Crippen LogP contribution in [-0.4, -0.2) is 32.4 Å². The van der Waals surface area contributed by atoms with Crippen LogP contribution in [0.25, 0.3) is 22.0 Å². The highest BCUT2D eigenvalue weighted by Gasteiger charge is 2.20. The van der Waals surface area contributed by atoms with Crippen LogP contribution in [0.5, 0.6) is 0 Å². The fraction of sp³-hybridized carbons (Fsp3) is 0.280. The van der Waals surface area contributed by atoms with Crippen LogP contribution in [0.1, 0.15) is 26.5 Å². The van der Waals surface area contributed by atoms with Gasteiger partial charge in [0.05, 0.1) is 16.9 Å². The van der Waals surface area contributed by atoms with Crippen molar-refractivity contribution in [1.29, 1.82) is 0 Å². The number of hydrogen-bond acceptors (Lipinski definition) is 5. The molecule has 4 aromatic rings. The maximum absolute atomic E-state index is 14.6. The van der Waals surface area contributed by atoms with Gasteiger partial charge in [-0.05, 0) is 23.8 Å². The minimum atomic E-state index is -0.625. The molecule has 0 fully saturated rings. The summed E-state index contributed by atoms with van der Waals surface area (Å²) in [4.78, 5) is 30.0. The van der Waals surface area contributed by atoms with Crippen molar-refractivity contribution < 1.29 is 9.18 Å². The molecule has 3 aromatic heterocycles. The number of halogens is 1. The number of aromatic nitrogens is 4. The summed E-state index contributed by atoms with van der Waals surface area (Å²) in [6, 6.07) is 8.82. The Morgan fingerprint density at radius 2 is 1.80 bits per heavy atom. The maximum Gasteiger partial charge on any atom is 0.324 e. The summed E-state index contributed by atoms with van der Waals surface area (Å²) >= 11 is 0. The van der Waals surface area contributed by atoms with Gasteiger partial charge >= 0.3 is 6.03 Å². The number of amides is 2. The van der Waals surface area contributed by atoms with E-state index in [4.69, 9.17) is 0 Å². The standard InChI is InChI=1S/C25H28FN7O2/c1-25(2,3)20-12-22(33(6)31-20)30-24(35)29-18-10-14(7-8-17(18)26)16-9-15-13-28-21(27-4)11-19(15)32(5)23(16)34/h7-13H,1-6H3,(H,27,28)(H2,29,30,35). The average Bonchev–Trinajstić information content (AvgIpc) is 3.18. The quantitative estimate of drug-likeness (QED) is 0.403. The van der Waals surface area contributed by atoms with E-state index < -0.39 is 11.8 Å². The van der Waals surface area contributed by atoms with Crippen LogP contribution in [0.2, 0.25) is 0 Å². The summed E-state index contributed by atoms with van der Waals surface area (Å²) in [5.41, 5.74) is 1.86. The van der Waals surface area contributed by atoms with Gasteiger partial charge in [0.25, 0.3) is 5.56 Å². The van der Waals surface area contributed by atoms with E-state index in [1.165, 1.54) is 22.8 Å². The number of nitrogens with one attached hydrogen (secondary N) is 3. The van der Waals surface area contributed by atoms with Crippen molar-refractivity contribution in [2.24, 2.45) is 14.1 Å². The molecule has 0 saturated carbocycles. The molecule has 0 atom stereocenters. The first-order valence-electron chi connectivity index (χ1n) is 11.1. The van der Waals surface area contributed by atoms with Crippen LogP contribution >= 0.6 is 0 Å². The highest BCUT2D eigenvalue weighted by molar-refractivity contribution is 6.00. The lowest BCUT2D eigenvalue weighted by atomic mass is 9.92. The summed E-state index contributed by atoms with van der Waals surface area (Å²) in [6.07, 6.45) is 1.67. The van der Waals surface area contributed by atoms with E-state index >= 15 is 0 Å². The third kappa shape index (κ3) is 4.72. The number of anilines is 3. The van der Waals surface area contributed by atoms with Gasteiger partial charge in [-0.3, -0.25) is 14.8 Å². The minimum absolute atomic E-state index is 0.0518. The number of hydrogen-bond donors (Lipinski definition) is 3. The molecule has 0 radical (unpaired) electrons. The Hall–Kier alpha value is -4.21. The molecule has 1 aromatic carbocycles. The molecule has 0 unspecified atom stereocenters. The largest absolute Gasteiger partial charge is 0.373 e. The molecule has 3 heterocycles. The predicted molar refractivity (Wildman–Crippen MR) is 136 cm³/mol. The molecule has 10 heteroatoms. The molecular weight excluding hydrogens is 449 g/mol. The second-order valence-electron chi connectivity index (χ2n) is 9.36. The zero-order valence-electron chi connectivity index (χ0n) is 20.5. The smallest absolute Gasteiger partial charge is 0.324 e. The number of urea groups is 1. The molecule has 9 nitrogen and oxygen atoms in total. The predicted octanol–water partition coefficient (Wildman–Crippen LogP) is 4.46. The van der Waals surface area contributed by atoms with E-state index in [1.54, 1.807) is 50.2 Å². The molecule has 0 saturated heterocycles.